The molecule has 1 aromatic rings. The van der Waals surface area contributed by atoms with Crippen LogP contribution in [0, 0.1) is 16.0 Å². The number of nitro groups is 1. The summed E-state index contributed by atoms with van der Waals surface area (Å²) in [6.45, 7) is 4.61. The van der Waals surface area contributed by atoms with Gasteiger partial charge in [0.05, 0.1) is 4.92 Å². The zero-order valence-electron chi connectivity index (χ0n) is 11.0. The van der Waals surface area contributed by atoms with E-state index in [0.717, 1.165) is 12.8 Å². The summed E-state index contributed by atoms with van der Waals surface area (Å²) in [6, 6.07) is 4.04. The SMILES string of the molecule is CCC(CC)CNC(=O)c1ccc(Cl)cc1[N+](=O)[O-]. The average Bonchev–Trinajstić information content (AvgIpc) is 2.39. The number of halogens is 1. The molecule has 0 saturated heterocycles. The molecule has 1 amide bonds. The third-order valence-corrected chi connectivity index (χ3v) is 3.34. The van der Waals surface area contributed by atoms with E-state index in [0.29, 0.717) is 12.5 Å². The lowest BCUT2D eigenvalue weighted by Gasteiger charge is -2.13. The molecule has 0 saturated carbocycles. The largest absolute Gasteiger partial charge is 0.352 e. The Bertz CT molecular complexity index is 473. The lowest BCUT2D eigenvalue weighted by Crippen LogP contribution is -2.29. The van der Waals surface area contributed by atoms with Gasteiger partial charge in [-0.25, -0.2) is 0 Å². The fraction of sp³-hybridized carbons (Fsp3) is 0.462. The first-order chi connectivity index (χ1) is 8.99. The van der Waals surface area contributed by atoms with Crippen LogP contribution in [0.25, 0.3) is 0 Å². The van der Waals surface area contributed by atoms with Crippen LogP contribution in [0.15, 0.2) is 18.2 Å². The van der Waals surface area contributed by atoms with Crippen molar-refractivity contribution >= 4 is 23.2 Å². The van der Waals surface area contributed by atoms with Crippen molar-refractivity contribution in [3.05, 3.63) is 38.9 Å². The minimum absolute atomic E-state index is 0.0420. The number of hydrogen-bond donors (Lipinski definition) is 1. The lowest BCUT2D eigenvalue weighted by molar-refractivity contribution is -0.385. The fourth-order valence-corrected chi connectivity index (χ4v) is 1.92. The van der Waals surface area contributed by atoms with E-state index in [9.17, 15) is 14.9 Å². The topological polar surface area (TPSA) is 72.2 Å². The summed E-state index contributed by atoms with van der Waals surface area (Å²) in [5.41, 5.74) is -0.227. The van der Waals surface area contributed by atoms with E-state index in [1.165, 1.54) is 18.2 Å². The summed E-state index contributed by atoms with van der Waals surface area (Å²) in [5, 5.41) is 13.9. The first-order valence-electron chi connectivity index (χ1n) is 6.21. The maximum atomic E-state index is 12.0. The summed E-state index contributed by atoms with van der Waals surface area (Å²) >= 11 is 5.70. The van der Waals surface area contributed by atoms with Crippen LogP contribution in [0.1, 0.15) is 37.0 Å². The van der Waals surface area contributed by atoms with Crippen molar-refractivity contribution in [2.24, 2.45) is 5.92 Å². The zero-order valence-corrected chi connectivity index (χ0v) is 11.7. The Kier molecular flexibility index (Phi) is 5.76. The Morgan fingerprint density at radius 1 is 1.42 bits per heavy atom. The molecule has 0 spiro atoms. The minimum Gasteiger partial charge on any atom is -0.352 e. The maximum Gasteiger partial charge on any atom is 0.283 e. The molecule has 1 aromatic carbocycles. The minimum atomic E-state index is -0.599. The van der Waals surface area contributed by atoms with Gasteiger partial charge in [-0.05, 0) is 18.1 Å². The van der Waals surface area contributed by atoms with E-state index in [1.54, 1.807) is 0 Å². The highest BCUT2D eigenvalue weighted by Gasteiger charge is 2.20. The smallest absolute Gasteiger partial charge is 0.283 e. The first kappa shape index (κ1) is 15.4. The van der Waals surface area contributed by atoms with Gasteiger partial charge in [0.15, 0.2) is 0 Å². The average molecular weight is 285 g/mol. The predicted octanol–water partition coefficient (Wildman–Crippen LogP) is 3.41. The number of nitro benzene ring substituents is 1. The molecule has 0 unspecified atom stereocenters. The number of nitrogens with one attached hydrogen (secondary N) is 1. The standard InChI is InChI=1S/C13H17ClN2O3/c1-3-9(4-2)8-15-13(17)11-6-5-10(14)7-12(11)16(18)19/h5-7,9H,3-4,8H2,1-2H3,(H,15,17). The Hall–Kier alpha value is -1.62. The number of rotatable bonds is 6. The monoisotopic (exact) mass is 284 g/mol. The van der Waals surface area contributed by atoms with E-state index >= 15 is 0 Å². The van der Waals surface area contributed by atoms with E-state index in [2.05, 4.69) is 5.32 Å². The molecule has 0 heterocycles. The summed E-state index contributed by atoms with van der Waals surface area (Å²) in [7, 11) is 0. The fourth-order valence-electron chi connectivity index (χ4n) is 1.76. The van der Waals surface area contributed by atoms with Gasteiger partial charge in [-0.3, -0.25) is 14.9 Å². The molecule has 1 N–H and O–H groups in total. The highest BCUT2D eigenvalue weighted by Crippen LogP contribution is 2.23. The molecule has 5 nitrogen and oxygen atoms in total. The molecule has 0 aliphatic carbocycles. The zero-order chi connectivity index (χ0) is 14.4. The molecule has 0 aliphatic rings. The predicted molar refractivity (Wildman–Crippen MR) is 74.5 cm³/mol. The van der Waals surface area contributed by atoms with Gasteiger partial charge in [0, 0.05) is 17.6 Å². The molecule has 0 aromatic heterocycles. The molecule has 0 aliphatic heterocycles. The highest BCUT2D eigenvalue weighted by molar-refractivity contribution is 6.31. The number of carbonyl (C=O) groups excluding carboxylic acids is 1. The Balaban J connectivity index is 2.85. The van der Waals surface area contributed by atoms with Crippen LogP contribution in [-0.2, 0) is 0 Å². The van der Waals surface area contributed by atoms with Crippen molar-refractivity contribution in [2.75, 3.05) is 6.54 Å². The van der Waals surface area contributed by atoms with Crippen LogP contribution < -0.4 is 5.32 Å². The summed E-state index contributed by atoms with van der Waals surface area (Å²) in [4.78, 5) is 22.3. The summed E-state index contributed by atoms with van der Waals surface area (Å²) < 4.78 is 0. The van der Waals surface area contributed by atoms with Crippen LogP contribution >= 0.6 is 11.6 Å². The Morgan fingerprint density at radius 3 is 2.58 bits per heavy atom. The van der Waals surface area contributed by atoms with Gasteiger partial charge in [-0.15, -0.1) is 0 Å². The molecule has 104 valence electrons. The quantitative estimate of drug-likeness (QED) is 0.642. The summed E-state index contributed by atoms with van der Waals surface area (Å²) in [5.74, 6) is -0.0504. The van der Waals surface area contributed by atoms with E-state index in [4.69, 9.17) is 11.6 Å². The number of benzene rings is 1. The molecule has 6 heteroatoms. The third kappa shape index (κ3) is 4.21. The number of amides is 1. The second-order valence-electron chi connectivity index (χ2n) is 4.31. The van der Waals surface area contributed by atoms with Gasteiger partial charge < -0.3 is 5.32 Å². The van der Waals surface area contributed by atoms with Gasteiger partial charge in [0.25, 0.3) is 11.6 Å². The number of carbonyl (C=O) groups is 1. The van der Waals surface area contributed by atoms with Crippen LogP contribution in [0.5, 0.6) is 0 Å². The normalized spacial score (nSPS) is 10.5. The van der Waals surface area contributed by atoms with E-state index in [1.807, 2.05) is 13.8 Å². The summed E-state index contributed by atoms with van der Waals surface area (Å²) in [6.07, 6.45) is 1.92. The maximum absolute atomic E-state index is 12.0. The van der Waals surface area contributed by atoms with Crippen LogP contribution in [0.4, 0.5) is 5.69 Å². The molecule has 0 bridgehead atoms. The Morgan fingerprint density at radius 2 is 2.05 bits per heavy atom. The molecular formula is C13H17ClN2O3. The van der Waals surface area contributed by atoms with Crippen molar-refractivity contribution in [2.45, 2.75) is 26.7 Å². The Labute approximate surface area is 117 Å². The van der Waals surface area contributed by atoms with Crippen LogP contribution in [0.2, 0.25) is 5.02 Å². The van der Waals surface area contributed by atoms with E-state index < -0.39 is 10.8 Å². The molecule has 0 radical (unpaired) electrons. The molecule has 0 fully saturated rings. The van der Waals surface area contributed by atoms with Crippen LogP contribution in [0.3, 0.4) is 0 Å². The van der Waals surface area contributed by atoms with Crippen molar-refractivity contribution in [1.29, 1.82) is 0 Å². The molecular weight excluding hydrogens is 268 g/mol. The molecule has 1 rings (SSSR count). The molecule has 0 atom stereocenters. The van der Waals surface area contributed by atoms with Crippen molar-refractivity contribution < 1.29 is 9.72 Å². The van der Waals surface area contributed by atoms with Gasteiger partial charge in [-0.1, -0.05) is 38.3 Å². The first-order valence-corrected chi connectivity index (χ1v) is 6.59. The van der Waals surface area contributed by atoms with E-state index in [-0.39, 0.29) is 16.3 Å². The second kappa shape index (κ2) is 7.09. The highest BCUT2D eigenvalue weighted by atomic mass is 35.5. The van der Waals surface area contributed by atoms with Crippen LogP contribution in [-0.4, -0.2) is 17.4 Å². The number of hydrogen-bond acceptors (Lipinski definition) is 3. The van der Waals surface area contributed by atoms with Gasteiger partial charge >= 0.3 is 0 Å². The third-order valence-electron chi connectivity index (χ3n) is 3.11. The lowest BCUT2D eigenvalue weighted by atomic mass is 10.0. The van der Waals surface area contributed by atoms with Crippen molar-refractivity contribution in [3.63, 3.8) is 0 Å². The van der Waals surface area contributed by atoms with Gasteiger partial charge in [0.2, 0.25) is 0 Å². The molecule has 19 heavy (non-hydrogen) atoms. The van der Waals surface area contributed by atoms with Gasteiger partial charge in [-0.2, -0.15) is 0 Å². The van der Waals surface area contributed by atoms with Crippen molar-refractivity contribution in [1.82, 2.24) is 5.32 Å². The second-order valence-corrected chi connectivity index (χ2v) is 4.75. The number of nitrogens with zero attached hydrogens (tertiary/aromatic N) is 1. The van der Waals surface area contributed by atoms with Crippen molar-refractivity contribution in [3.8, 4) is 0 Å². The van der Waals surface area contributed by atoms with Gasteiger partial charge in [0.1, 0.15) is 5.56 Å².